The molecular formula is C18H13Cl2N3O2. The molecule has 5 nitrogen and oxygen atoms in total. The minimum absolute atomic E-state index is 0.109. The first-order chi connectivity index (χ1) is 12.1. The van der Waals surface area contributed by atoms with E-state index < -0.39 is 6.17 Å². The molecule has 4 rings (SSSR count). The normalized spacial score (nSPS) is 16.2. The van der Waals surface area contributed by atoms with Crippen LogP contribution in [-0.4, -0.2) is 15.8 Å². The molecule has 126 valence electrons. The summed E-state index contributed by atoms with van der Waals surface area (Å²) < 4.78 is 5.40. The molecule has 1 aliphatic heterocycles. The molecule has 0 unspecified atom stereocenters. The number of rotatable bonds is 4. The van der Waals surface area contributed by atoms with Crippen molar-refractivity contribution in [3.8, 4) is 0 Å². The summed E-state index contributed by atoms with van der Waals surface area (Å²) >= 11 is 12.2. The maximum atomic E-state index is 12.8. The summed E-state index contributed by atoms with van der Waals surface area (Å²) in [5.41, 5.74) is 1.90. The van der Waals surface area contributed by atoms with Crippen molar-refractivity contribution in [3.63, 3.8) is 0 Å². The fourth-order valence-corrected chi connectivity index (χ4v) is 3.33. The van der Waals surface area contributed by atoms with Crippen molar-refractivity contribution in [2.45, 2.75) is 12.7 Å². The Hall–Kier alpha value is -2.50. The Morgan fingerprint density at radius 3 is 2.84 bits per heavy atom. The van der Waals surface area contributed by atoms with Crippen LogP contribution in [0, 0.1) is 0 Å². The maximum Gasteiger partial charge on any atom is 0.258 e. The van der Waals surface area contributed by atoms with Crippen LogP contribution in [0.1, 0.15) is 28.0 Å². The third kappa shape index (κ3) is 2.97. The van der Waals surface area contributed by atoms with Gasteiger partial charge in [-0.05, 0) is 42.5 Å². The van der Waals surface area contributed by atoms with Gasteiger partial charge in [0.25, 0.3) is 5.91 Å². The van der Waals surface area contributed by atoms with E-state index in [1.165, 1.54) is 0 Å². The minimum Gasteiger partial charge on any atom is -0.467 e. The monoisotopic (exact) mass is 373 g/mol. The molecule has 1 amide bonds. The third-order valence-corrected chi connectivity index (χ3v) is 4.58. The van der Waals surface area contributed by atoms with Crippen LogP contribution >= 0.6 is 23.2 Å². The van der Waals surface area contributed by atoms with Gasteiger partial charge < -0.3 is 14.6 Å². The van der Waals surface area contributed by atoms with Crippen molar-refractivity contribution >= 4 is 34.8 Å². The Morgan fingerprint density at radius 2 is 2.08 bits per heavy atom. The predicted octanol–water partition coefficient (Wildman–Crippen LogP) is 4.75. The van der Waals surface area contributed by atoms with Gasteiger partial charge in [-0.15, -0.1) is 0 Å². The fraction of sp³-hybridized carbons (Fsp3) is 0.111. The van der Waals surface area contributed by atoms with E-state index in [9.17, 15) is 4.79 Å². The van der Waals surface area contributed by atoms with Gasteiger partial charge in [-0.2, -0.15) is 0 Å². The van der Waals surface area contributed by atoms with E-state index in [2.05, 4.69) is 10.3 Å². The van der Waals surface area contributed by atoms with E-state index in [0.29, 0.717) is 39.3 Å². The second kappa shape index (κ2) is 6.43. The third-order valence-electron chi connectivity index (χ3n) is 4.03. The SMILES string of the molecule is O=C1c2cccnc2[C@H](Nc2ccc(Cl)cc2Cl)N1Cc1ccco1. The number of hydrogen-bond acceptors (Lipinski definition) is 4. The maximum absolute atomic E-state index is 12.8. The Bertz CT molecular complexity index is 928. The van der Waals surface area contributed by atoms with Gasteiger partial charge in [0.1, 0.15) is 11.9 Å². The average Bonchev–Trinajstić information content (AvgIpc) is 3.20. The Morgan fingerprint density at radius 1 is 1.20 bits per heavy atom. The highest BCUT2D eigenvalue weighted by Gasteiger charge is 2.38. The highest BCUT2D eigenvalue weighted by Crippen LogP contribution is 2.36. The molecule has 1 N–H and O–H groups in total. The fourth-order valence-electron chi connectivity index (χ4n) is 2.87. The van der Waals surface area contributed by atoms with Gasteiger partial charge >= 0.3 is 0 Å². The number of anilines is 1. The second-order valence-corrected chi connectivity index (χ2v) is 6.46. The lowest BCUT2D eigenvalue weighted by molar-refractivity contribution is 0.0714. The van der Waals surface area contributed by atoms with Crippen LogP contribution in [-0.2, 0) is 6.54 Å². The number of halogens is 2. The van der Waals surface area contributed by atoms with Crippen LogP contribution in [0.15, 0.2) is 59.3 Å². The number of hydrogen-bond donors (Lipinski definition) is 1. The molecule has 0 bridgehead atoms. The molecule has 7 heteroatoms. The van der Waals surface area contributed by atoms with E-state index in [0.717, 1.165) is 0 Å². The molecule has 0 spiro atoms. The molecule has 25 heavy (non-hydrogen) atoms. The average molecular weight is 374 g/mol. The molecule has 3 aromatic rings. The van der Waals surface area contributed by atoms with E-state index >= 15 is 0 Å². The largest absolute Gasteiger partial charge is 0.467 e. The highest BCUT2D eigenvalue weighted by atomic mass is 35.5. The van der Waals surface area contributed by atoms with Gasteiger partial charge in [0.15, 0.2) is 0 Å². The first kappa shape index (κ1) is 16.0. The predicted molar refractivity (Wildman–Crippen MR) is 95.6 cm³/mol. The molecule has 3 heterocycles. The molecule has 0 radical (unpaired) electrons. The lowest BCUT2D eigenvalue weighted by atomic mass is 10.2. The van der Waals surface area contributed by atoms with E-state index in [1.807, 2.05) is 6.07 Å². The zero-order chi connectivity index (χ0) is 17.4. The smallest absolute Gasteiger partial charge is 0.258 e. The molecule has 0 fully saturated rings. The van der Waals surface area contributed by atoms with Crippen LogP contribution in [0.3, 0.4) is 0 Å². The molecule has 0 saturated heterocycles. The Labute approximate surface area is 154 Å². The number of furan rings is 1. The topological polar surface area (TPSA) is 58.4 Å². The first-order valence-corrected chi connectivity index (χ1v) is 8.39. The van der Waals surface area contributed by atoms with Crippen molar-refractivity contribution in [2.75, 3.05) is 5.32 Å². The Kier molecular flexibility index (Phi) is 4.11. The summed E-state index contributed by atoms with van der Waals surface area (Å²) in [6, 6.07) is 12.3. The van der Waals surface area contributed by atoms with E-state index in [-0.39, 0.29) is 5.91 Å². The summed E-state index contributed by atoms with van der Waals surface area (Å²) in [6.07, 6.45) is 2.80. The van der Waals surface area contributed by atoms with Gasteiger partial charge in [-0.1, -0.05) is 23.2 Å². The summed E-state index contributed by atoms with van der Waals surface area (Å²) in [7, 11) is 0. The van der Waals surface area contributed by atoms with Crippen LogP contribution in [0.5, 0.6) is 0 Å². The molecule has 0 saturated carbocycles. The van der Waals surface area contributed by atoms with E-state index in [1.54, 1.807) is 53.8 Å². The van der Waals surface area contributed by atoms with Gasteiger partial charge in [-0.3, -0.25) is 9.78 Å². The minimum atomic E-state index is -0.451. The lowest BCUT2D eigenvalue weighted by Gasteiger charge is -2.26. The molecule has 1 aromatic carbocycles. The Balaban J connectivity index is 1.71. The summed E-state index contributed by atoms with van der Waals surface area (Å²) in [5.74, 6) is 0.581. The molecular weight excluding hydrogens is 361 g/mol. The van der Waals surface area contributed by atoms with Crippen molar-refractivity contribution in [3.05, 3.63) is 82.0 Å². The summed E-state index contributed by atoms with van der Waals surface area (Å²) in [5, 5.41) is 4.32. The molecule has 2 aromatic heterocycles. The van der Waals surface area contributed by atoms with Crippen molar-refractivity contribution < 1.29 is 9.21 Å². The number of aromatic nitrogens is 1. The van der Waals surface area contributed by atoms with Crippen LogP contribution in [0.2, 0.25) is 10.0 Å². The molecule has 1 aliphatic rings. The molecule has 1 atom stereocenters. The van der Waals surface area contributed by atoms with Gasteiger partial charge in [-0.25, -0.2) is 0 Å². The second-order valence-electron chi connectivity index (χ2n) is 5.62. The van der Waals surface area contributed by atoms with Crippen molar-refractivity contribution in [2.24, 2.45) is 0 Å². The number of nitrogens with one attached hydrogen (secondary N) is 1. The van der Waals surface area contributed by atoms with Crippen LogP contribution < -0.4 is 5.32 Å². The summed E-state index contributed by atoms with van der Waals surface area (Å²) in [6.45, 7) is 0.324. The number of fused-ring (bicyclic) bond motifs is 1. The van der Waals surface area contributed by atoms with Crippen molar-refractivity contribution in [1.82, 2.24) is 9.88 Å². The summed E-state index contributed by atoms with van der Waals surface area (Å²) in [4.78, 5) is 18.9. The van der Waals surface area contributed by atoms with E-state index in [4.69, 9.17) is 27.6 Å². The standard InChI is InChI=1S/C18H13Cl2N3O2/c19-11-5-6-15(14(20)9-11)22-17-16-13(4-1-7-21-16)18(24)23(17)10-12-3-2-8-25-12/h1-9,17,22H,10H2/t17-/m1/s1. The number of benzene rings is 1. The zero-order valence-electron chi connectivity index (χ0n) is 12.9. The lowest BCUT2D eigenvalue weighted by Crippen LogP contribution is -2.32. The highest BCUT2D eigenvalue weighted by molar-refractivity contribution is 6.36. The number of carbonyl (C=O) groups is 1. The molecule has 0 aliphatic carbocycles. The number of carbonyl (C=O) groups excluding carboxylic acids is 1. The van der Waals surface area contributed by atoms with Crippen molar-refractivity contribution in [1.29, 1.82) is 0 Å². The zero-order valence-corrected chi connectivity index (χ0v) is 14.5. The van der Waals surface area contributed by atoms with Crippen LogP contribution in [0.4, 0.5) is 5.69 Å². The van der Waals surface area contributed by atoms with Gasteiger partial charge in [0.2, 0.25) is 0 Å². The first-order valence-electron chi connectivity index (χ1n) is 7.63. The number of amides is 1. The van der Waals surface area contributed by atoms with Crippen LogP contribution in [0.25, 0.3) is 0 Å². The number of pyridine rings is 1. The van der Waals surface area contributed by atoms with Gasteiger partial charge in [0, 0.05) is 11.2 Å². The number of nitrogens with zero attached hydrogens (tertiary/aromatic N) is 2. The quantitative estimate of drug-likeness (QED) is 0.716. The van der Waals surface area contributed by atoms with Gasteiger partial charge in [0.05, 0.1) is 34.8 Å².